The third kappa shape index (κ3) is 3.14. The largest absolute Gasteiger partial charge is 0.309 e. The molecular formula is C41H29N. The molecule has 1 heteroatoms. The van der Waals surface area contributed by atoms with Gasteiger partial charge in [0.1, 0.15) is 0 Å². The zero-order valence-electron chi connectivity index (χ0n) is 23.7. The van der Waals surface area contributed by atoms with Crippen molar-refractivity contribution in [2.45, 2.75) is 19.3 Å². The molecule has 0 saturated carbocycles. The van der Waals surface area contributed by atoms with Crippen LogP contribution in [0.5, 0.6) is 0 Å². The summed E-state index contributed by atoms with van der Waals surface area (Å²) < 4.78 is 2.42. The number of rotatable bonds is 2. The zero-order chi connectivity index (χ0) is 28.0. The van der Waals surface area contributed by atoms with Gasteiger partial charge in [-0.2, -0.15) is 0 Å². The first kappa shape index (κ1) is 23.6. The van der Waals surface area contributed by atoms with Crippen LogP contribution in [0.25, 0.3) is 71.3 Å². The van der Waals surface area contributed by atoms with Crippen LogP contribution >= 0.6 is 0 Å². The molecular weight excluding hydrogens is 506 g/mol. The van der Waals surface area contributed by atoms with Crippen LogP contribution in [0.1, 0.15) is 25.0 Å². The SMILES string of the molecule is CC1(C)c2cc(-c3cc4ccccc4c4ccccc34)ccc2-c2cc3c(cc21)c1ccccc1n3-c1ccccc1. The fraction of sp³-hybridized carbons (Fsp3) is 0.0732. The lowest BCUT2D eigenvalue weighted by Crippen LogP contribution is -2.15. The minimum Gasteiger partial charge on any atom is -0.309 e. The molecule has 1 aliphatic carbocycles. The Morgan fingerprint density at radius 1 is 0.429 bits per heavy atom. The van der Waals surface area contributed by atoms with Crippen LogP contribution in [-0.4, -0.2) is 4.57 Å². The van der Waals surface area contributed by atoms with Gasteiger partial charge in [-0.25, -0.2) is 0 Å². The maximum Gasteiger partial charge on any atom is 0.0547 e. The Morgan fingerprint density at radius 3 is 1.93 bits per heavy atom. The highest BCUT2D eigenvalue weighted by Crippen LogP contribution is 2.52. The molecule has 198 valence electrons. The number of fused-ring (bicyclic) bond motifs is 9. The predicted molar refractivity (Wildman–Crippen MR) is 179 cm³/mol. The molecule has 0 spiro atoms. The van der Waals surface area contributed by atoms with Gasteiger partial charge in [0.25, 0.3) is 0 Å². The molecule has 0 N–H and O–H groups in total. The second-order valence-electron chi connectivity index (χ2n) is 12.2. The highest BCUT2D eigenvalue weighted by atomic mass is 15.0. The van der Waals surface area contributed by atoms with Crippen LogP contribution in [0.15, 0.2) is 140 Å². The molecule has 1 aromatic heterocycles. The van der Waals surface area contributed by atoms with Crippen LogP contribution in [0.3, 0.4) is 0 Å². The van der Waals surface area contributed by atoms with Crippen molar-refractivity contribution in [2.24, 2.45) is 0 Å². The lowest BCUT2D eigenvalue weighted by atomic mass is 9.81. The Balaban J connectivity index is 1.30. The molecule has 0 radical (unpaired) electrons. The number of hydrogen-bond donors (Lipinski definition) is 0. The van der Waals surface area contributed by atoms with Gasteiger partial charge in [-0.05, 0) is 97.4 Å². The minimum absolute atomic E-state index is 0.114. The van der Waals surface area contributed by atoms with Crippen molar-refractivity contribution in [1.29, 1.82) is 0 Å². The highest BCUT2D eigenvalue weighted by molar-refractivity contribution is 6.14. The van der Waals surface area contributed by atoms with Crippen molar-refractivity contribution >= 4 is 43.4 Å². The molecule has 0 bridgehead atoms. The number of nitrogens with zero attached hydrogens (tertiary/aromatic N) is 1. The van der Waals surface area contributed by atoms with E-state index in [1.807, 2.05) is 0 Å². The molecule has 1 aliphatic rings. The lowest BCUT2D eigenvalue weighted by molar-refractivity contribution is 0.661. The van der Waals surface area contributed by atoms with Gasteiger partial charge in [-0.15, -0.1) is 0 Å². The first-order valence-corrected chi connectivity index (χ1v) is 14.8. The first-order chi connectivity index (χ1) is 20.6. The molecule has 0 unspecified atom stereocenters. The number of hydrogen-bond acceptors (Lipinski definition) is 0. The molecule has 0 amide bonds. The molecule has 1 nitrogen and oxygen atoms in total. The summed E-state index contributed by atoms with van der Waals surface area (Å²) in [4.78, 5) is 0. The van der Waals surface area contributed by atoms with Gasteiger partial charge in [0, 0.05) is 21.9 Å². The molecule has 0 aliphatic heterocycles. The predicted octanol–water partition coefficient (Wildman–Crippen LogP) is 11.1. The number of para-hydroxylation sites is 2. The van der Waals surface area contributed by atoms with Gasteiger partial charge in [0.2, 0.25) is 0 Å². The average Bonchev–Trinajstić information content (AvgIpc) is 3.48. The van der Waals surface area contributed by atoms with Crippen LogP contribution < -0.4 is 0 Å². The van der Waals surface area contributed by atoms with Crippen LogP contribution in [0, 0.1) is 0 Å². The summed E-state index contributed by atoms with van der Waals surface area (Å²) in [5, 5.41) is 7.82. The van der Waals surface area contributed by atoms with Gasteiger partial charge in [0.15, 0.2) is 0 Å². The van der Waals surface area contributed by atoms with Crippen molar-refractivity contribution in [1.82, 2.24) is 4.57 Å². The van der Waals surface area contributed by atoms with E-state index in [-0.39, 0.29) is 5.41 Å². The van der Waals surface area contributed by atoms with Crippen molar-refractivity contribution < 1.29 is 0 Å². The summed E-state index contributed by atoms with van der Waals surface area (Å²) in [6.07, 6.45) is 0. The van der Waals surface area contributed by atoms with E-state index in [0.29, 0.717) is 0 Å². The van der Waals surface area contributed by atoms with E-state index in [1.165, 1.54) is 82.4 Å². The summed E-state index contributed by atoms with van der Waals surface area (Å²) in [6.45, 7) is 4.78. The Hall–Kier alpha value is -5.14. The summed E-state index contributed by atoms with van der Waals surface area (Å²) >= 11 is 0. The van der Waals surface area contributed by atoms with Crippen molar-refractivity contribution in [3.8, 4) is 27.9 Å². The third-order valence-electron chi connectivity index (χ3n) is 9.56. The molecule has 9 rings (SSSR count). The molecule has 7 aromatic carbocycles. The van der Waals surface area contributed by atoms with Crippen molar-refractivity contribution in [3.63, 3.8) is 0 Å². The van der Waals surface area contributed by atoms with Gasteiger partial charge in [-0.3, -0.25) is 0 Å². The summed E-state index contributed by atoms with van der Waals surface area (Å²) in [7, 11) is 0. The van der Waals surface area contributed by atoms with Crippen LogP contribution in [0.4, 0.5) is 0 Å². The second kappa shape index (κ2) is 8.44. The zero-order valence-corrected chi connectivity index (χ0v) is 23.7. The van der Waals surface area contributed by atoms with E-state index >= 15 is 0 Å². The minimum atomic E-state index is -0.114. The Bertz CT molecular complexity index is 2370. The van der Waals surface area contributed by atoms with E-state index in [1.54, 1.807) is 0 Å². The molecule has 1 heterocycles. The van der Waals surface area contributed by atoms with E-state index in [0.717, 1.165) is 0 Å². The van der Waals surface area contributed by atoms with Gasteiger partial charge < -0.3 is 4.57 Å². The smallest absolute Gasteiger partial charge is 0.0547 e. The van der Waals surface area contributed by atoms with Gasteiger partial charge in [0.05, 0.1) is 11.0 Å². The Labute approximate surface area is 245 Å². The fourth-order valence-corrected chi connectivity index (χ4v) is 7.51. The standard InChI is InChI=1S/C41H29N/c1-41(2)37-23-27(34-22-26-12-6-7-15-29(26)30-16-8-9-17-31(30)34)20-21-32(37)35-25-40-36(24-38(35)41)33-18-10-11-19-39(33)42(40)28-13-4-3-5-14-28/h3-25H,1-2H3. The molecule has 0 saturated heterocycles. The topological polar surface area (TPSA) is 4.93 Å². The van der Waals surface area contributed by atoms with Crippen molar-refractivity contribution in [2.75, 3.05) is 0 Å². The summed E-state index contributed by atoms with van der Waals surface area (Å²) in [6, 6.07) is 51.6. The second-order valence-corrected chi connectivity index (χ2v) is 12.2. The normalized spacial score (nSPS) is 13.7. The van der Waals surface area contributed by atoms with Crippen molar-refractivity contribution in [3.05, 3.63) is 151 Å². The van der Waals surface area contributed by atoms with E-state index < -0.39 is 0 Å². The summed E-state index contributed by atoms with van der Waals surface area (Å²) in [5.41, 5.74) is 11.7. The molecule has 0 atom stereocenters. The highest BCUT2D eigenvalue weighted by Gasteiger charge is 2.36. The molecule has 8 aromatic rings. The summed E-state index contributed by atoms with van der Waals surface area (Å²) in [5.74, 6) is 0. The fourth-order valence-electron chi connectivity index (χ4n) is 7.51. The Morgan fingerprint density at radius 2 is 1.10 bits per heavy atom. The Kier molecular flexibility index (Phi) is 4.73. The van der Waals surface area contributed by atoms with E-state index in [9.17, 15) is 0 Å². The molecule has 42 heavy (non-hydrogen) atoms. The van der Waals surface area contributed by atoms with Gasteiger partial charge >= 0.3 is 0 Å². The lowest BCUT2D eigenvalue weighted by Gasteiger charge is -2.22. The number of benzene rings is 7. The molecule has 0 fully saturated rings. The monoisotopic (exact) mass is 535 g/mol. The first-order valence-electron chi connectivity index (χ1n) is 14.8. The maximum atomic E-state index is 2.47. The van der Waals surface area contributed by atoms with Gasteiger partial charge in [-0.1, -0.05) is 111 Å². The van der Waals surface area contributed by atoms with E-state index in [4.69, 9.17) is 0 Å². The van der Waals surface area contributed by atoms with E-state index in [2.05, 4.69) is 158 Å². The van der Waals surface area contributed by atoms with Crippen LogP contribution in [-0.2, 0) is 5.41 Å². The quantitative estimate of drug-likeness (QED) is 0.194. The maximum absolute atomic E-state index is 2.47. The average molecular weight is 536 g/mol. The number of aromatic nitrogens is 1. The van der Waals surface area contributed by atoms with Crippen LogP contribution in [0.2, 0.25) is 0 Å². The third-order valence-corrected chi connectivity index (χ3v) is 9.56.